The van der Waals surface area contributed by atoms with Gasteiger partial charge in [-0.1, -0.05) is 22.9 Å². The fourth-order valence-electron chi connectivity index (χ4n) is 2.63. The van der Waals surface area contributed by atoms with Crippen molar-refractivity contribution < 1.29 is 14.3 Å². The Labute approximate surface area is 137 Å². The Hall–Kier alpha value is -1.40. The summed E-state index contributed by atoms with van der Waals surface area (Å²) in [5, 5.41) is 0. The van der Waals surface area contributed by atoms with Gasteiger partial charge in [-0.05, 0) is 31.0 Å². The minimum atomic E-state index is -0.332. The van der Waals surface area contributed by atoms with Gasteiger partial charge >= 0.3 is 5.97 Å². The lowest BCUT2D eigenvalue weighted by Gasteiger charge is -2.28. The van der Waals surface area contributed by atoms with Crippen LogP contribution in [-0.4, -0.2) is 35.3 Å². The van der Waals surface area contributed by atoms with Gasteiger partial charge in [-0.3, -0.25) is 0 Å². The molecule has 3 rings (SSSR count). The maximum Gasteiger partial charge on any atom is 0.337 e. The molecule has 0 amide bonds. The molecule has 2 heterocycles. The van der Waals surface area contributed by atoms with Gasteiger partial charge in [0.25, 0.3) is 0 Å². The van der Waals surface area contributed by atoms with E-state index in [0.29, 0.717) is 5.56 Å². The first-order valence-electron chi connectivity index (χ1n) is 7.48. The first-order chi connectivity index (χ1) is 10.6. The van der Waals surface area contributed by atoms with Crippen LogP contribution in [0.3, 0.4) is 0 Å². The molecule has 5 nitrogen and oxygen atoms in total. The second-order valence-electron chi connectivity index (χ2n) is 5.43. The van der Waals surface area contributed by atoms with E-state index >= 15 is 0 Å². The number of esters is 1. The van der Waals surface area contributed by atoms with Crippen LogP contribution in [0.2, 0.25) is 0 Å². The zero-order valence-corrected chi connectivity index (χ0v) is 14.3. The number of alkyl halides is 1. The third-order valence-corrected chi connectivity index (χ3v) is 5.07. The minimum absolute atomic E-state index is 0.182. The predicted octanol–water partition coefficient (Wildman–Crippen LogP) is 3.46. The molecule has 2 aromatic rings. The average Bonchev–Trinajstić information content (AvgIpc) is 2.86. The number of imidazole rings is 1. The Bertz CT molecular complexity index is 694. The summed E-state index contributed by atoms with van der Waals surface area (Å²) in [4.78, 5) is 16.7. The molecular weight excluding hydrogens is 348 g/mol. The molecule has 118 valence electrons. The standard InChI is InChI=1S/C16H19BrN2O3/c1-3-12(17)15-18-13-5-4-10(16(20)21-2)8-14(13)19(15)9-11-6-7-22-11/h4-5,8,11-12H,3,6-7,9H2,1-2H3/t11-,12?/m0/s1. The van der Waals surface area contributed by atoms with Crippen LogP contribution in [0, 0.1) is 0 Å². The van der Waals surface area contributed by atoms with Crippen LogP contribution in [0.25, 0.3) is 11.0 Å². The summed E-state index contributed by atoms with van der Waals surface area (Å²) in [5.41, 5.74) is 2.38. The van der Waals surface area contributed by atoms with Crippen molar-refractivity contribution in [3.8, 4) is 0 Å². The third kappa shape index (κ3) is 2.77. The number of nitrogens with zero attached hydrogens (tertiary/aromatic N) is 2. The fraction of sp³-hybridized carbons (Fsp3) is 0.500. The smallest absolute Gasteiger partial charge is 0.337 e. The molecule has 0 N–H and O–H groups in total. The molecule has 0 bridgehead atoms. The molecule has 1 unspecified atom stereocenters. The molecule has 1 aliphatic rings. The SMILES string of the molecule is CCC(Br)c1nc2ccc(C(=O)OC)cc2n1C[C@@H]1CCO1. The summed E-state index contributed by atoms with van der Waals surface area (Å²) in [6.45, 7) is 3.70. The fourth-order valence-corrected chi connectivity index (χ4v) is 2.98. The summed E-state index contributed by atoms with van der Waals surface area (Å²) in [6.07, 6.45) is 2.24. The number of rotatable bonds is 5. The third-order valence-electron chi connectivity index (χ3n) is 4.02. The van der Waals surface area contributed by atoms with E-state index in [1.54, 1.807) is 6.07 Å². The molecule has 1 aromatic heterocycles. The number of halogens is 1. The molecule has 6 heteroatoms. The van der Waals surface area contributed by atoms with Crippen LogP contribution in [0.5, 0.6) is 0 Å². The molecule has 0 saturated carbocycles. The molecule has 0 radical (unpaired) electrons. The van der Waals surface area contributed by atoms with Crippen molar-refractivity contribution in [2.45, 2.75) is 37.2 Å². The molecule has 1 saturated heterocycles. The number of carbonyl (C=O) groups excluding carboxylic acids is 1. The van der Waals surface area contributed by atoms with Crippen LogP contribution >= 0.6 is 15.9 Å². The van der Waals surface area contributed by atoms with Crippen LogP contribution < -0.4 is 0 Å². The number of aromatic nitrogens is 2. The summed E-state index contributed by atoms with van der Waals surface area (Å²) in [7, 11) is 1.39. The van der Waals surface area contributed by atoms with Crippen molar-refractivity contribution in [3.05, 3.63) is 29.6 Å². The highest BCUT2D eigenvalue weighted by Gasteiger charge is 2.24. The number of hydrogen-bond donors (Lipinski definition) is 0. The number of ether oxygens (including phenoxy) is 2. The molecule has 0 aliphatic carbocycles. The van der Waals surface area contributed by atoms with E-state index in [-0.39, 0.29) is 16.9 Å². The summed E-state index contributed by atoms with van der Waals surface area (Å²) >= 11 is 3.69. The lowest BCUT2D eigenvalue weighted by atomic mass is 10.1. The van der Waals surface area contributed by atoms with E-state index < -0.39 is 0 Å². The normalized spacial score (nSPS) is 19.0. The lowest BCUT2D eigenvalue weighted by molar-refractivity contribution is -0.0590. The van der Waals surface area contributed by atoms with Crippen molar-refractivity contribution in [2.75, 3.05) is 13.7 Å². The quantitative estimate of drug-likeness (QED) is 0.600. The molecule has 1 fully saturated rings. The van der Waals surface area contributed by atoms with Gasteiger partial charge in [0, 0.05) is 6.61 Å². The Morgan fingerprint density at radius 1 is 1.59 bits per heavy atom. The maximum atomic E-state index is 11.8. The van der Waals surface area contributed by atoms with Crippen LogP contribution in [0.1, 0.15) is 40.8 Å². The highest BCUT2D eigenvalue weighted by molar-refractivity contribution is 9.09. The van der Waals surface area contributed by atoms with E-state index in [1.165, 1.54) is 7.11 Å². The molecular formula is C16H19BrN2O3. The summed E-state index contributed by atoms with van der Waals surface area (Å²) < 4.78 is 12.5. The van der Waals surface area contributed by atoms with Crippen molar-refractivity contribution >= 4 is 32.9 Å². The van der Waals surface area contributed by atoms with Gasteiger partial charge < -0.3 is 14.0 Å². The second kappa shape index (κ2) is 6.38. The van der Waals surface area contributed by atoms with Crippen molar-refractivity contribution in [1.82, 2.24) is 9.55 Å². The zero-order valence-electron chi connectivity index (χ0n) is 12.7. The van der Waals surface area contributed by atoms with Gasteiger partial charge in [0.2, 0.25) is 0 Å². The zero-order chi connectivity index (χ0) is 15.7. The van der Waals surface area contributed by atoms with Crippen molar-refractivity contribution in [2.24, 2.45) is 0 Å². The largest absolute Gasteiger partial charge is 0.465 e. The van der Waals surface area contributed by atoms with Crippen molar-refractivity contribution in [3.63, 3.8) is 0 Å². The second-order valence-corrected chi connectivity index (χ2v) is 6.54. The minimum Gasteiger partial charge on any atom is -0.465 e. The Balaban J connectivity index is 2.08. The monoisotopic (exact) mass is 366 g/mol. The van der Waals surface area contributed by atoms with Crippen LogP contribution in [0.4, 0.5) is 0 Å². The van der Waals surface area contributed by atoms with Crippen LogP contribution in [-0.2, 0) is 16.0 Å². The van der Waals surface area contributed by atoms with Gasteiger partial charge in [-0.15, -0.1) is 0 Å². The van der Waals surface area contributed by atoms with Gasteiger partial charge in [0.1, 0.15) is 5.82 Å². The highest BCUT2D eigenvalue weighted by atomic mass is 79.9. The Morgan fingerprint density at radius 3 is 2.95 bits per heavy atom. The first kappa shape index (κ1) is 15.5. The average molecular weight is 367 g/mol. The molecule has 1 aromatic carbocycles. The molecule has 0 spiro atoms. The number of fused-ring (bicyclic) bond motifs is 1. The van der Waals surface area contributed by atoms with E-state index in [1.807, 2.05) is 12.1 Å². The van der Waals surface area contributed by atoms with Gasteiger partial charge in [-0.25, -0.2) is 9.78 Å². The maximum absolute atomic E-state index is 11.8. The van der Waals surface area contributed by atoms with Crippen molar-refractivity contribution in [1.29, 1.82) is 0 Å². The van der Waals surface area contributed by atoms with E-state index in [9.17, 15) is 4.79 Å². The van der Waals surface area contributed by atoms with Gasteiger partial charge in [-0.2, -0.15) is 0 Å². The molecule has 1 aliphatic heterocycles. The topological polar surface area (TPSA) is 53.3 Å². The predicted molar refractivity (Wildman–Crippen MR) is 87.4 cm³/mol. The molecule has 2 atom stereocenters. The van der Waals surface area contributed by atoms with Crippen LogP contribution in [0.15, 0.2) is 18.2 Å². The summed E-state index contributed by atoms with van der Waals surface area (Å²) in [6, 6.07) is 5.48. The molecule has 22 heavy (non-hydrogen) atoms. The first-order valence-corrected chi connectivity index (χ1v) is 8.39. The van der Waals surface area contributed by atoms with Gasteiger partial charge in [0.05, 0.1) is 41.2 Å². The van der Waals surface area contributed by atoms with Gasteiger partial charge in [0.15, 0.2) is 0 Å². The Kier molecular flexibility index (Phi) is 4.49. The number of carbonyl (C=O) groups is 1. The van der Waals surface area contributed by atoms with E-state index in [4.69, 9.17) is 14.5 Å². The number of benzene rings is 1. The van der Waals surface area contributed by atoms with E-state index in [0.717, 1.165) is 42.9 Å². The number of methoxy groups -OCH3 is 1. The van der Waals surface area contributed by atoms with E-state index in [2.05, 4.69) is 27.4 Å². The Morgan fingerprint density at radius 2 is 2.36 bits per heavy atom. The summed E-state index contributed by atoms with van der Waals surface area (Å²) in [5.74, 6) is 0.650. The highest BCUT2D eigenvalue weighted by Crippen LogP contribution is 2.30. The number of hydrogen-bond acceptors (Lipinski definition) is 4. The lowest BCUT2D eigenvalue weighted by Crippen LogP contribution is -2.31.